The molecular weight excluding hydrogens is 404 g/mol. The van der Waals surface area contributed by atoms with Gasteiger partial charge in [-0.05, 0) is 51.1 Å². The second-order valence-corrected chi connectivity index (χ2v) is 7.90. The molecule has 1 unspecified atom stereocenters. The van der Waals surface area contributed by atoms with Crippen LogP contribution >= 0.6 is 11.6 Å². The van der Waals surface area contributed by atoms with E-state index in [2.05, 4.69) is 10.0 Å². The minimum atomic E-state index is -4.04. The Morgan fingerprint density at radius 3 is 2.39 bits per heavy atom. The van der Waals surface area contributed by atoms with Crippen molar-refractivity contribution in [1.29, 1.82) is 0 Å². The van der Waals surface area contributed by atoms with E-state index in [1.165, 1.54) is 25.1 Å². The number of anilines is 1. The zero-order chi connectivity index (χ0) is 20.7. The van der Waals surface area contributed by atoms with E-state index in [-0.39, 0.29) is 22.3 Å². The van der Waals surface area contributed by atoms with Gasteiger partial charge in [-0.25, -0.2) is 8.42 Å². The first kappa shape index (κ1) is 22.0. The molecule has 7 nitrogen and oxygen atoms in total. The molecule has 0 spiro atoms. The highest BCUT2D eigenvalue weighted by Gasteiger charge is 2.26. The molecule has 0 aliphatic rings. The van der Waals surface area contributed by atoms with E-state index in [9.17, 15) is 13.2 Å². The summed E-state index contributed by atoms with van der Waals surface area (Å²) in [4.78, 5) is 12.4. The van der Waals surface area contributed by atoms with Gasteiger partial charge in [-0.2, -0.15) is 4.72 Å². The summed E-state index contributed by atoms with van der Waals surface area (Å²) in [6, 6.07) is 10.2. The topological polar surface area (TPSA) is 93.7 Å². The van der Waals surface area contributed by atoms with Crippen molar-refractivity contribution in [2.24, 2.45) is 0 Å². The fraction of sp³-hybridized carbons (Fsp3) is 0.316. The van der Waals surface area contributed by atoms with Crippen LogP contribution in [-0.2, 0) is 14.8 Å². The first-order valence-corrected chi connectivity index (χ1v) is 10.6. The maximum atomic E-state index is 12.8. The van der Waals surface area contributed by atoms with Gasteiger partial charge in [0.05, 0.1) is 24.9 Å². The summed E-state index contributed by atoms with van der Waals surface area (Å²) >= 11 is 5.94. The zero-order valence-electron chi connectivity index (χ0n) is 15.9. The summed E-state index contributed by atoms with van der Waals surface area (Å²) in [5.41, 5.74) is 0.457. The molecule has 28 heavy (non-hydrogen) atoms. The normalized spacial score (nSPS) is 12.3. The number of rotatable bonds is 9. The van der Waals surface area contributed by atoms with E-state index in [1.807, 2.05) is 6.92 Å². The molecule has 2 aromatic carbocycles. The molecule has 0 saturated carbocycles. The van der Waals surface area contributed by atoms with Gasteiger partial charge in [-0.1, -0.05) is 23.7 Å². The molecule has 0 heterocycles. The average Bonchev–Trinajstić information content (AvgIpc) is 2.64. The standard InChI is InChI=1S/C19H23ClN2O5S/c1-4-26-16-9-7-6-8-15(16)21-19(23)13(3)22-28(24,25)18-12-14(20)10-11-17(18)27-5-2/h6-13,22H,4-5H2,1-3H3,(H,21,23). The van der Waals surface area contributed by atoms with Crippen LogP contribution in [0.5, 0.6) is 11.5 Å². The average molecular weight is 427 g/mol. The Bertz CT molecular complexity index is 934. The molecule has 0 aromatic heterocycles. The molecule has 152 valence electrons. The minimum Gasteiger partial charge on any atom is -0.492 e. The number of ether oxygens (including phenoxy) is 2. The lowest BCUT2D eigenvalue weighted by Gasteiger charge is -2.17. The van der Waals surface area contributed by atoms with Gasteiger partial charge in [0, 0.05) is 5.02 Å². The van der Waals surface area contributed by atoms with Gasteiger partial charge in [0.1, 0.15) is 16.4 Å². The quantitative estimate of drug-likeness (QED) is 0.640. The molecule has 1 atom stereocenters. The Morgan fingerprint density at radius 2 is 1.71 bits per heavy atom. The van der Waals surface area contributed by atoms with Crippen LogP contribution in [0.4, 0.5) is 5.69 Å². The first-order valence-electron chi connectivity index (χ1n) is 8.75. The maximum Gasteiger partial charge on any atom is 0.245 e. The molecular formula is C19H23ClN2O5S. The highest BCUT2D eigenvalue weighted by atomic mass is 35.5. The minimum absolute atomic E-state index is 0.129. The van der Waals surface area contributed by atoms with Gasteiger partial charge < -0.3 is 14.8 Å². The number of nitrogens with one attached hydrogen (secondary N) is 2. The Hall–Kier alpha value is -2.29. The Balaban J connectivity index is 2.19. The van der Waals surface area contributed by atoms with E-state index in [0.717, 1.165) is 0 Å². The number of sulfonamides is 1. The van der Waals surface area contributed by atoms with Gasteiger partial charge in [0.15, 0.2) is 0 Å². The molecule has 0 bridgehead atoms. The number of para-hydroxylation sites is 2. The summed E-state index contributed by atoms with van der Waals surface area (Å²) in [7, 11) is -4.04. The number of carbonyl (C=O) groups excluding carboxylic acids is 1. The number of halogens is 1. The van der Waals surface area contributed by atoms with Gasteiger partial charge in [-0.15, -0.1) is 0 Å². The molecule has 2 N–H and O–H groups in total. The second kappa shape index (κ2) is 9.77. The molecule has 2 aromatic rings. The largest absolute Gasteiger partial charge is 0.492 e. The van der Waals surface area contributed by atoms with Gasteiger partial charge in [-0.3, -0.25) is 4.79 Å². The second-order valence-electron chi connectivity index (χ2n) is 5.79. The predicted molar refractivity (Wildman–Crippen MR) is 109 cm³/mol. The number of hydrogen-bond acceptors (Lipinski definition) is 5. The van der Waals surface area contributed by atoms with Crippen molar-refractivity contribution in [3.8, 4) is 11.5 Å². The summed E-state index contributed by atoms with van der Waals surface area (Å²) in [6.07, 6.45) is 0. The first-order chi connectivity index (χ1) is 13.3. The highest BCUT2D eigenvalue weighted by Crippen LogP contribution is 2.28. The van der Waals surface area contributed by atoms with Crippen molar-refractivity contribution in [1.82, 2.24) is 4.72 Å². The predicted octanol–water partition coefficient (Wildman–Crippen LogP) is 3.44. The van der Waals surface area contributed by atoms with Gasteiger partial charge in [0.25, 0.3) is 0 Å². The summed E-state index contributed by atoms with van der Waals surface area (Å²) in [6.45, 7) is 5.74. The molecule has 0 fully saturated rings. The molecule has 0 radical (unpaired) electrons. The van der Waals surface area contributed by atoms with E-state index < -0.39 is 22.0 Å². The Labute approximate surface area is 170 Å². The van der Waals surface area contributed by atoms with Gasteiger partial charge >= 0.3 is 0 Å². The smallest absolute Gasteiger partial charge is 0.245 e. The van der Waals surface area contributed by atoms with Crippen LogP contribution in [0, 0.1) is 0 Å². The van der Waals surface area contributed by atoms with Gasteiger partial charge in [0.2, 0.25) is 15.9 Å². The number of hydrogen-bond donors (Lipinski definition) is 2. The van der Waals surface area contributed by atoms with E-state index in [1.54, 1.807) is 31.2 Å². The summed E-state index contributed by atoms with van der Waals surface area (Å²) in [5.74, 6) is 0.131. The van der Waals surface area contributed by atoms with Crippen molar-refractivity contribution in [2.45, 2.75) is 31.7 Å². The summed E-state index contributed by atoms with van der Waals surface area (Å²) < 4.78 is 38.7. The number of carbonyl (C=O) groups is 1. The molecule has 9 heteroatoms. The van der Waals surface area contributed by atoms with Crippen molar-refractivity contribution >= 4 is 33.2 Å². The van der Waals surface area contributed by atoms with Crippen LogP contribution in [0.2, 0.25) is 5.02 Å². The zero-order valence-corrected chi connectivity index (χ0v) is 17.4. The van der Waals surface area contributed by atoms with Crippen molar-refractivity contribution in [3.05, 3.63) is 47.5 Å². The lowest BCUT2D eigenvalue weighted by molar-refractivity contribution is -0.117. The number of amides is 1. The Kier molecular flexibility index (Phi) is 7.68. The third-order valence-corrected chi connectivity index (χ3v) is 5.46. The third kappa shape index (κ3) is 5.60. The summed E-state index contributed by atoms with van der Waals surface area (Å²) in [5, 5.41) is 2.91. The molecule has 2 rings (SSSR count). The van der Waals surface area contributed by atoms with Crippen molar-refractivity contribution in [3.63, 3.8) is 0 Å². The SMILES string of the molecule is CCOc1ccccc1NC(=O)C(C)NS(=O)(=O)c1cc(Cl)ccc1OCC. The van der Waals surface area contributed by atoms with Crippen LogP contribution in [0.25, 0.3) is 0 Å². The van der Waals surface area contributed by atoms with Crippen LogP contribution in [-0.4, -0.2) is 33.6 Å². The maximum absolute atomic E-state index is 12.8. The van der Waals surface area contributed by atoms with Crippen LogP contribution in [0.15, 0.2) is 47.4 Å². The third-order valence-electron chi connectivity index (χ3n) is 3.67. The van der Waals surface area contributed by atoms with Crippen LogP contribution in [0.1, 0.15) is 20.8 Å². The van der Waals surface area contributed by atoms with Crippen LogP contribution in [0.3, 0.4) is 0 Å². The fourth-order valence-electron chi connectivity index (χ4n) is 2.41. The highest BCUT2D eigenvalue weighted by molar-refractivity contribution is 7.89. The van der Waals surface area contributed by atoms with E-state index >= 15 is 0 Å². The Morgan fingerprint density at radius 1 is 1.07 bits per heavy atom. The molecule has 0 aliphatic carbocycles. The lowest BCUT2D eigenvalue weighted by Crippen LogP contribution is -2.41. The van der Waals surface area contributed by atoms with E-state index in [4.69, 9.17) is 21.1 Å². The van der Waals surface area contributed by atoms with Crippen molar-refractivity contribution in [2.75, 3.05) is 18.5 Å². The van der Waals surface area contributed by atoms with Crippen LogP contribution < -0.4 is 19.5 Å². The fourth-order valence-corrected chi connectivity index (χ4v) is 4.02. The lowest BCUT2D eigenvalue weighted by atomic mass is 10.2. The monoisotopic (exact) mass is 426 g/mol. The number of benzene rings is 2. The van der Waals surface area contributed by atoms with E-state index in [0.29, 0.717) is 18.0 Å². The van der Waals surface area contributed by atoms with Crippen molar-refractivity contribution < 1.29 is 22.7 Å². The molecule has 0 aliphatic heterocycles. The molecule has 1 amide bonds. The molecule has 0 saturated heterocycles.